The summed E-state index contributed by atoms with van der Waals surface area (Å²) in [5, 5.41) is 27.8. The van der Waals surface area contributed by atoms with E-state index in [0.717, 1.165) is 29.5 Å². The van der Waals surface area contributed by atoms with E-state index in [1.54, 1.807) is 36.4 Å². The monoisotopic (exact) mass is 702 g/mol. The number of sulfonamides is 1. The van der Waals surface area contributed by atoms with E-state index < -0.39 is 27.8 Å². The van der Waals surface area contributed by atoms with Gasteiger partial charge in [0.2, 0.25) is 21.8 Å². The number of carbonyl (C=O) groups is 3. The first-order valence-corrected chi connectivity index (χ1v) is 17.9. The SMILES string of the molecule is CC(C)(C)OC(=O)NCC1CCC(C(=O)N[C@@H](Cc2ccc(-c3cccc(S(N)(=O)=O)c3)cc2)C(=O)Nc2ccc(-c3nnn[nH]3)cc2)CC1. The van der Waals surface area contributed by atoms with Gasteiger partial charge < -0.3 is 20.7 Å². The van der Waals surface area contributed by atoms with Crippen LogP contribution in [0.1, 0.15) is 52.0 Å². The number of tetrazole rings is 1. The number of nitrogens with one attached hydrogen (secondary N) is 4. The molecule has 1 aliphatic rings. The van der Waals surface area contributed by atoms with Crippen molar-refractivity contribution in [3.8, 4) is 22.5 Å². The number of H-pyrrole nitrogens is 1. The highest BCUT2D eigenvalue weighted by atomic mass is 32.2. The molecule has 5 rings (SSSR count). The van der Waals surface area contributed by atoms with Crippen LogP contribution in [0.2, 0.25) is 0 Å². The van der Waals surface area contributed by atoms with E-state index in [2.05, 4.69) is 36.6 Å². The Morgan fingerprint density at radius 1 is 0.940 bits per heavy atom. The van der Waals surface area contributed by atoms with Crippen LogP contribution in [0.15, 0.2) is 77.7 Å². The zero-order chi connectivity index (χ0) is 35.9. The van der Waals surface area contributed by atoms with Crippen molar-refractivity contribution in [1.29, 1.82) is 0 Å². The maximum absolute atomic E-state index is 13.7. The van der Waals surface area contributed by atoms with Crippen molar-refractivity contribution in [3.05, 3.63) is 78.4 Å². The standard InChI is InChI=1S/C35H42N8O6S/c1-35(2,3)49-34(46)37-21-23-9-13-26(14-10-23)32(44)39-30(33(45)38-28-17-15-25(16-18-28)31-40-42-43-41-31)19-22-7-11-24(12-8-22)27-5-4-6-29(20-27)50(36,47)48/h4-8,11-12,15-18,20,23,26,30H,9-10,13-14,19,21H2,1-3H3,(H,37,46)(H,38,45)(H,39,44)(H2,36,47,48)(H,40,41,42,43)/t23?,26?,30-/m0/s1. The molecule has 1 fully saturated rings. The molecule has 0 saturated heterocycles. The van der Waals surface area contributed by atoms with Crippen molar-refractivity contribution in [2.75, 3.05) is 11.9 Å². The predicted octanol–water partition coefficient (Wildman–Crippen LogP) is 4.18. The molecule has 4 aromatic rings. The summed E-state index contributed by atoms with van der Waals surface area (Å²) in [4.78, 5) is 39.3. The summed E-state index contributed by atoms with van der Waals surface area (Å²) in [6, 6.07) is 19.8. The predicted molar refractivity (Wildman–Crippen MR) is 187 cm³/mol. The molecule has 1 heterocycles. The number of carbonyl (C=O) groups excluding carboxylic acids is 3. The van der Waals surface area contributed by atoms with E-state index >= 15 is 0 Å². The Bertz CT molecular complexity index is 1880. The van der Waals surface area contributed by atoms with Gasteiger partial charge in [-0.3, -0.25) is 9.59 Å². The minimum absolute atomic E-state index is 0.0115. The number of hydrogen-bond donors (Lipinski definition) is 5. The number of aromatic nitrogens is 4. The molecule has 3 amide bonds. The van der Waals surface area contributed by atoms with Crippen molar-refractivity contribution in [2.24, 2.45) is 17.0 Å². The van der Waals surface area contributed by atoms with Crippen LogP contribution in [-0.4, -0.2) is 65.1 Å². The third-order valence-corrected chi connectivity index (χ3v) is 9.36. The number of amides is 3. The second-order valence-corrected chi connectivity index (χ2v) is 15.0. The summed E-state index contributed by atoms with van der Waals surface area (Å²) in [5.41, 5.74) is 2.93. The lowest BCUT2D eigenvalue weighted by Gasteiger charge is -2.29. The maximum atomic E-state index is 13.7. The van der Waals surface area contributed by atoms with Gasteiger partial charge in [0.25, 0.3) is 0 Å². The van der Waals surface area contributed by atoms with Crippen molar-refractivity contribution in [2.45, 2.75) is 69.4 Å². The fourth-order valence-corrected chi connectivity index (χ4v) is 6.37. The number of alkyl carbamates (subject to hydrolysis) is 1. The number of hydrogen-bond acceptors (Lipinski definition) is 9. The molecule has 1 saturated carbocycles. The fourth-order valence-electron chi connectivity index (χ4n) is 5.81. The van der Waals surface area contributed by atoms with E-state index in [0.29, 0.717) is 36.5 Å². The van der Waals surface area contributed by atoms with Gasteiger partial charge in [0.1, 0.15) is 11.6 Å². The van der Waals surface area contributed by atoms with Crippen molar-refractivity contribution in [1.82, 2.24) is 31.3 Å². The number of benzene rings is 3. The molecule has 0 radical (unpaired) electrons. The molecule has 6 N–H and O–H groups in total. The average molecular weight is 703 g/mol. The van der Waals surface area contributed by atoms with E-state index in [4.69, 9.17) is 9.88 Å². The molecule has 264 valence electrons. The van der Waals surface area contributed by atoms with Crippen LogP contribution in [0, 0.1) is 11.8 Å². The summed E-state index contributed by atoms with van der Waals surface area (Å²) < 4.78 is 29.0. The van der Waals surface area contributed by atoms with E-state index in [1.807, 2.05) is 45.0 Å². The zero-order valence-electron chi connectivity index (χ0n) is 28.2. The van der Waals surface area contributed by atoms with Crippen LogP contribution in [0.4, 0.5) is 10.5 Å². The summed E-state index contributed by atoms with van der Waals surface area (Å²) in [7, 11) is -3.86. The highest BCUT2D eigenvalue weighted by Gasteiger charge is 2.30. The van der Waals surface area contributed by atoms with Crippen LogP contribution in [-0.2, 0) is 30.8 Å². The Balaban J connectivity index is 1.25. The van der Waals surface area contributed by atoms with E-state index in [-0.39, 0.29) is 35.0 Å². The van der Waals surface area contributed by atoms with E-state index in [1.165, 1.54) is 12.1 Å². The second kappa shape index (κ2) is 15.6. The quantitative estimate of drug-likeness (QED) is 0.152. The summed E-state index contributed by atoms with van der Waals surface area (Å²) in [6.07, 6.45) is 2.53. The minimum Gasteiger partial charge on any atom is -0.444 e. The zero-order valence-corrected chi connectivity index (χ0v) is 29.0. The normalized spacial score (nSPS) is 17.0. The maximum Gasteiger partial charge on any atom is 0.407 e. The van der Waals surface area contributed by atoms with Crippen molar-refractivity contribution < 1.29 is 27.5 Å². The first kappa shape index (κ1) is 36.1. The lowest BCUT2D eigenvalue weighted by Crippen LogP contribution is -2.48. The molecule has 50 heavy (non-hydrogen) atoms. The highest BCUT2D eigenvalue weighted by Crippen LogP contribution is 2.29. The van der Waals surface area contributed by atoms with Gasteiger partial charge in [-0.2, -0.15) is 0 Å². The van der Waals surface area contributed by atoms with Crippen LogP contribution < -0.4 is 21.1 Å². The number of anilines is 1. The van der Waals surface area contributed by atoms with Gasteiger partial charge in [-0.15, -0.1) is 5.10 Å². The van der Waals surface area contributed by atoms with Crippen molar-refractivity contribution >= 4 is 33.6 Å². The second-order valence-electron chi connectivity index (χ2n) is 13.5. The number of aromatic amines is 1. The number of nitrogens with two attached hydrogens (primary N) is 1. The third kappa shape index (κ3) is 10.2. The van der Waals surface area contributed by atoms with Crippen LogP contribution in [0.5, 0.6) is 0 Å². The van der Waals surface area contributed by atoms with E-state index in [9.17, 15) is 22.8 Å². The Morgan fingerprint density at radius 3 is 2.24 bits per heavy atom. The molecule has 1 atom stereocenters. The summed E-state index contributed by atoms with van der Waals surface area (Å²) in [5.74, 6) is -0.138. The lowest BCUT2D eigenvalue weighted by molar-refractivity contribution is -0.130. The van der Waals surface area contributed by atoms with Crippen LogP contribution in [0.25, 0.3) is 22.5 Å². The first-order valence-electron chi connectivity index (χ1n) is 16.4. The molecule has 0 spiro atoms. The number of nitrogens with zero attached hydrogens (tertiary/aromatic N) is 3. The molecule has 0 aliphatic heterocycles. The average Bonchev–Trinajstić information content (AvgIpc) is 3.62. The molecule has 0 unspecified atom stereocenters. The molecular weight excluding hydrogens is 661 g/mol. The largest absolute Gasteiger partial charge is 0.444 e. The number of ether oxygens (including phenoxy) is 1. The van der Waals surface area contributed by atoms with Gasteiger partial charge in [0.05, 0.1) is 4.90 Å². The molecule has 15 heteroatoms. The number of primary sulfonamides is 1. The van der Waals surface area contributed by atoms with Gasteiger partial charge in [-0.25, -0.2) is 23.4 Å². The molecule has 14 nitrogen and oxygen atoms in total. The fraction of sp³-hybridized carbons (Fsp3) is 0.371. The Hall–Kier alpha value is -5.15. The Labute approximate surface area is 291 Å². The van der Waals surface area contributed by atoms with Gasteiger partial charge in [0, 0.05) is 30.1 Å². The topological polar surface area (TPSA) is 211 Å². The van der Waals surface area contributed by atoms with Gasteiger partial charge in [-0.05, 0) is 116 Å². The molecule has 0 bridgehead atoms. The summed E-state index contributed by atoms with van der Waals surface area (Å²) in [6.45, 7) is 5.91. The number of rotatable bonds is 11. The third-order valence-electron chi connectivity index (χ3n) is 8.45. The minimum atomic E-state index is -3.86. The lowest BCUT2D eigenvalue weighted by atomic mass is 9.81. The molecule has 1 aliphatic carbocycles. The van der Waals surface area contributed by atoms with Gasteiger partial charge >= 0.3 is 6.09 Å². The summed E-state index contributed by atoms with van der Waals surface area (Å²) >= 11 is 0. The molecule has 1 aromatic heterocycles. The van der Waals surface area contributed by atoms with Crippen molar-refractivity contribution in [3.63, 3.8) is 0 Å². The molecule has 3 aromatic carbocycles. The van der Waals surface area contributed by atoms with Gasteiger partial charge in [0.15, 0.2) is 5.82 Å². The smallest absolute Gasteiger partial charge is 0.407 e. The van der Waals surface area contributed by atoms with Gasteiger partial charge in [-0.1, -0.05) is 36.4 Å². The first-order chi connectivity index (χ1) is 23.7. The Kier molecular flexibility index (Phi) is 11.3. The highest BCUT2D eigenvalue weighted by molar-refractivity contribution is 7.89. The van der Waals surface area contributed by atoms with Crippen LogP contribution in [0.3, 0.4) is 0 Å². The van der Waals surface area contributed by atoms with Crippen LogP contribution >= 0.6 is 0 Å². The Morgan fingerprint density at radius 2 is 1.62 bits per heavy atom. The molecular formula is C35H42N8O6S.